The lowest BCUT2D eigenvalue weighted by Crippen LogP contribution is -1.89. The van der Waals surface area contributed by atoms with Gasteiger partial charge in [0.15, 0.2) is 0 Å². The van der Waals surface area contributed by atoms with E-state index in [2.05, 4.69) is 23.2 Å². The summed E-state index contributed by atoms with van der Waals surface area (Å²) in [7, 11) is 0. The van der Waals surface area contributed by atoms with E-state index in [0.29, 0.717) is 0 Å². The van der Waals surface area contributed by atoms with E-state index in [4.69, 9.17) is 0 Å². The highest BCUT2D eigenvalue weighted by Crippen LogP contribution is 2.23. The fourth-order valence-corrected chi connectivity index (χ4v) is 2.67. The van der Waals surface area contributed by atoms with E-state index in [9.17, 15) is 0 Å². The zero-order valence-corrected chi connectivity index (χ0v) is 10.9. The predicted octanol–water partition coefficient (Wildman–Crippen LogP) is 5.31. The van der Waals surface area contributed by atoms with Crippen molar-refractivity contribution in [2.45, 2.75) is 64.2 Å². The molecular weight excluding hydrogens is 206 g/mol. The summed E-state index contributed by atoms with van der Waals surface area (Å²) in [6.45, 7) is 0. The molecule has 1 aromatic heterocycles. The Morgan fingerprint density at radius 3 is 2.24 bits per heavy atom. The minimum Gasteiger partial charge on any atom is -0.361 e. The van der Waals surface area contributed by atoms with Crippen LogP contribution >= 0.6 is 0 Å². The molecule has 1 heteroatoms. The summed E-state index contributed by atoms with van der Waals surface area (Å²) in [6, 6.07) is 4.31. The summed E-state index contributed by atoms with van der Waals surface area (Å²) in [6.07, 6.45) is 18.3. The van der Waals surface area contributed by atoms with E-state index >= 15 is 0 Å². The number of aromatic amines is 1. The fraction of sp³-hybridized carbons (Fsp3) is 0.625. The largest absolute Gasteiger partial charge is 0.361 e. The van der Waals surface area contributed by atoms with Crippen molar-refractivity contribution < 1.29 is 0 Å². The fourth-order valence-electron chi connectivity index (χ4n) is 2.67. The maximum absolute atomic E-state index is 3.35. The molecule has 0 atom stereocenters. The quantitative estimate of drug-likeness (QED) is 0.674. The first-order valence-corrected chi connectivity index (χ1v) is 7.29. The van der Waals surface area contributed by atoms with Gasteiger partial charge < -0.3 is 4.98 Å². The van der Waals surface area contributed by atoms with Crippen LogP contribution in [0, 0.1) is 0 Å². The van der Waals surface area contributed by atoms with Crippen molar-refractivity contribution in [1.82, 2.24) is 4.98 Å². The molecule has 0 spiro atoms. The van der Waals surface area contributed by atoms with Crippen LogP contribution in [0.3, 0.4) is 0 Å². The molecule has 1 heterocycles. The van der Waals surface area contributed by atoms with Gasteiger partial charge in [-0.05, 0) is 43.4 Å². The monoisotopic (exact) mass is 231 g/mol. The molecule has 0 unspecified atom stereocenters. The molecule has 0 saturated carbocycles. The van der Waals surface area contributed by atoms with E-state index in [1.165, 1.54) is 75.5 Å². The second kappa shape index (κ2) is 7.37. The third kappa shape index (κ3) is 4.41. The molecule has 1 aliphatic carbocycles. The van der Waals surface area contributed by atoms with Crippen molar-refractivity contribution in [1.29, 1.82) is 0 Å². The van der Waals surface area contributed by atoms with Gasteiger partial charge in [0.25, 0.3) is 0 Å². The summed E-state index contributed by atoms with van der Waals surface area (Å²) in [5.74, 6) is 0. The molecule has 1 N–H and O–H groups in total. The predicted molar refractivity (Wildman–Crippen MR) is 74.9 cm³/mol. The SMILES string of the molecule is C1=C(/c2ccc[nH]2)CCCCCCCCCC/1. The summed E-state index contributed by atoms with van der Waals surface area (Å²) in [4.78, 5) is 3.35. The van der Waals surface area contributed by atoms with Crippen molar-refractivity contribution in [3.8, 4) is 0 Å². The number of hydrogen-bond acceptors (Lipinski definition) is 0. The van der Waals surface area contributed by atoms with Gasteiger partial charge in [0.05, 0.1) is 0 Å². The standard InChI is InChI=1S/C16H25N/c1-2-4-6-8-11-15(12-9-7-5-3-1)16-13-10-14-17-16/h10-11,13-14,17H,1-9,12H2/b15-11+. The van der Waals surface area contributed by atoms with E-state index in [-0.39, 0.29) is 0 Å². The van der Waals surface area contributed by atoms with Crippen molar-refractivity contribution in [2.24, 2.45) is 0 Å². The van der Waals surface area contributed by atoms with Crippen LogP contribution in [0.4, 0.5) is 0 Å². The molecular formula is C16H25N. The van der Waals surface area contributed by atoms with Crippen LogP contribution in [-0.2, 0) is 0 Å². The molecule has 0 aliphatic heterocycles. The molecule has 0 fully saturated rings. The first kappa shape index (κ1) is 12.5. The van der Waals surface area contributed by atoms with E-state index in [1.54, 1.807) is 0 Å². The van der Waals surface area contributed by atoms with E-state index in [1.807, 2.05) is 6.20 Å². The highest BCUT2D eigenvalue weighted by molar-refractivity contribution is 5.62. The Morgan fingerprint density at radius 2 is 1.53 bits per heavy atom. The Labute approximate surface area is 105 Å². The smallest absolute Gasteiger partial charge is 0.0409 e. The number of H-pyrrole nitrogens is 1. The lowest BCUT2D eigenvalue weighted by atomic mass is 9.99. The molecule has 17 heavy (non-hydrogen) atoms. The lowest BCUT2D eigenvalue weighted by molar-refractivity contribution is 0.568. The van der Waals surface area contributed by atoms with Gasteiger partial charge in [-0.1, -0.05) is 44.6 Å². The zero-order valence-electron chi connectivity index (χ0n) is 10.9. The van der Waals surface area contributed by atoms with Gasteiger partial charge in [-0.15, -0.1) is 0 Å². The van der Waals surface area contributed by atoms with Crippen molar-refractivity contribution >= 4 is 5.57 Å². The van der Waals surface area contributed by atoms with Crippen LogP contribution in [0.5, 0.6) is 0 Å². The van der Waals surface area contributed by atoms with Gasteiger partial charge in [-0.25, -0.2) is 0 Å². The second-order valence-corrected chi connectivity index (χ2v) is 5.18. The van der Waals surface area contributed by atoms with Crippen molar-refractivity contribution in [2.75, 3.05) is 0 Å². The molecule has 1 aromatic rings. The Morgan fingerprint density at radius 1 is 0.824 bits per heavy atom. The van der Waals surface area contributed by atoms with Gasteiger partial charge in [-0.3, -0.25) is 0 Å². The van der Waals surface area contributed by atoms with Gasteiger partial charge in [0.1, 0.15) is 0 Å². The van der Waals surface area contributed by atoms with Gasteiger partial charge in [0.2, 0.25) is 0 Å². The summed E-state index contributed by atoms with van der Waals surface area (Å²) in [5.41, 5.74) is 2.87. The normalized spacial score (nSPS) is 23.2. The van der Waals surface area contributed by atoms with Gasteiger partial charge in [-0.2, -0.15) is 0 Å². The molecule has 94 valence electrons. The van der Waals surface area contributed by atoms with Crippen molar-refractivity contribution in [3.05, 3.63) is 30.1 Å². The zero-order chi connectivity index (χ0) is 11.8. The number of allylic oxidation sites excluding steroid dienone is 2. The molecule has 1 nitrogen and oxygen atoms in total. The van der Waals surface area contributed by atoms with Crippen LogP contribution in [0.15, 0.2) is 24.4 Å². The average Bonchev–Trinajstić information content (AvgIpc) is 2.83. The number of rotatable bonds is 1. The summed E-state index contributed by atoms with van der Waals surface area (Å²) in [5, 5.41) is 0. The van der Waals surface area contributed by atoms with Crippen LogP contribution < -0.4 is 0 Å². The highest BCUT2D eigenvalue weighted by atomic mass is 14.7. The molecule has 0 saturated heterocycles. The van der Waals surface area contributed by atoms with Gasteiger partial charge in [0, 0.05) is 11.9 Å². The average molecular weight is 231 g/mol. The molecule has 0 bridgehead atoms. The topological polar surface area (TPSA) is 15.8 Å². The maximum Gasteiger partial charge on any atom is 0.0409 e. The van der Waals surface area contributed by atoms with Crippen LogP contribution in [0.1, 0.15) is 69.9 Å². The van der Waals surface area contributed by atoms with Gasteiger partial charge >= 0.3 is 0 Å². The first-order chi connectivity index (χ1) is 8.47. The highest BCUT2D eigenvalue weighted by Gasteiger charge is 2.03. The molecule has 1 aliphatic rings. The summed E-state index contributed by atoms with van der Waals surface area (Å²) < 4.78 is 0. The molecule has 0 radical (unpaired) electrons. The van der Waals surface area contributed by atoms with Crippen LogP contribution in [0.2, 0.25) is 0 Å². The van der Waals surface area contributed by atoms with Crippen LogP contribution in [0.25, 0.3) is 5.57 Å². The Bertz CT molecular complexity index is 321. The Hall–Kier alpha value is -0.980. The minimum absolute atomic E-state index is 1.25. The van der Waals surface area contributed by atoms with E-state index < -0.39 is 0 Å². The maximum atomic E-state index is 3.35. The lowest BCUT2D eigenvalue weighted by Gasteiger charge is -2.08. The Balaban J connectivity index is 1.95. The molecule has 2 rings (SSSR count). The molecule has 0 amide bonds. The minimum atomic E-state index is 1.25. The molecule has 0 aromatic carbocycles. The third-order valence-corrected chi connectivity index (χ3v) is 3.73. The summed E-state index contributed by atoms with van der Waals surface area (Å²) >= 11 is 0. The second-order valence-electron chi connectivity index (χ2n) is 5.18. The number of hydrogen-bond donors (Lipinski definition) is 1. The third-order valence-electron chi connectivity index (χ3n) is 3.73. The number of aromatic nitrogens is 1. The van der Waals surface area contributed by atoms with Crippen LogP contribution in [-0.4, -0.2) is 4.98 Å². The van der Waals surface area contributed by atoms with E-state index in [0.717, 1.165) is 0 Å². The Kier molecular flexibility index (Phi) is 5.41. The number of nitrogens with one attached hydrogen (secondary N) is 1. The first-order valence-electron chi connectivity index (χ1n) is 7.29. The van der Waals surface area contributed by atoms with Crippen molar-refractivity contribution in [3.63, 3.8) is 0 Å².